The van der Waals surface area contributed by atoms with E-state index in [0.717, 1.165) is 41.6 Å². The third-order valence-electron chi connectivity index (χ3n) is 7.22. The molecule has 3 aromatic carbocycles. The number of fused-ring (bicyclic) bond motifs is 1. The van der Waals surface area contributed by atoms with Gasteiger partial charge in [-0.2, -0.15) is 13.2 Å². The normalized spacial score (nSPS) is 12.5. The Morgan fingerprint density at radius 2 is 1.62 bits per heavy atom. The van der Waals surface area contributed by atoms with E-state index in [0.29, 0.717) is 43.6 Å². The summed E-state index contributed by atoms with van der Waals surface area (Å²) in [4.78, 5) is 28.3. The number of nitrogens with zero attached hydrogens (tertiary/aromatic N) is 4. The summed E-state index contributed by atoms with van der Waals surface area (Å²) in [6.07, 6.45) is -3.85. The van der Waals surface area contributed by atoms with Crippen LogP contribution in [0.15, 0.2) is 65.8 Å². The fourth-order valence-electron chi connectivity index (χ4n) is 5.17. The van der Waals surface area contributed by atoms with Gasteiger partial charge in [-0.3, -0.25) is 14.2 Å². The summed E-state index contributed by atoms with van der Waals surface area (Å²) in [5.41, 5.74) is 1.41. The molecule has 0 spiro atoms. The van der Waals surface area contributed by atoms with Crippen LogP contribution in [0.4, 0.5) is 18.9 Å². The van der Waals surface area contributed by atoms with Crippen molar-refractivity contribution in [1.82, 2.24) is 20.1 Å². The van der Waals surface area contributed by atoms with Crippen molar-refractivity contribution in [2.24, 2.45) is 0 Å². The monoisotopic (exact) mass is 669 g/mol. The van der Waals surface area contributed by atoms with Crippen LogP contribution in [0.1, 0.15) is 48.1 Å². The minimum atomic E-state index is -4.59. The molecule has 0 aliphatic carbocycles. The minimum absolute atomic E-state index is 0.0234. The molecule has 10 nitrogen and oxygen atoms in total. The SMILES string of the molecule is CCOc1cc(C(=O)NCc2nnc(SCC(=O)N3CCc4ccccc43)n2-c2cccc(C(F)(F)F)c2)cc(OCC)c1OCC. The summed E-state index contributed by atoms with van der Waals surface area (Å²) >= 11 is 1.05. The number of amides is 2. The molecule has 248 valence electrons. The predicted octanol–water partition coefficient (Wildman–Crippen LogP) is 6.09. The number of carbonyl (C=O) groups is 2. The van der Waals surface area contributed by atoms with Gasteiger partial charge in [-0.05, 0) is 69.2 Å². The number of hydrogen-bond acceptors (Lipinski definition) is 8. The molecule has 0 unspecified atom stereocenters. The maximum absolute atomic E-state index is 13.7. The van der Waals surface area contributed by atoms with Crippen LogP contribution in [0.3, 0.4) is 0 Å². The van der Waals surface area contributed by atoms with Crippen molar-refractivity contribution in [3.8, 4) is 22.9 Å². The lowest BCUT2D eigenvalue weighted by Crippen LogP contribution is -2.30. The highest BCUT2D eigenvalue weighted by Gasteiger charge is 2.31. The predicted molar refractivity (Wildman–Crippen MR) is 171 cm³/mol. The second-order valence-electron chi connectivity index (χ2n) is 10.3. The molecule has 2 amide bonds. The molecule has 4 aromatic rings. The second-order valence-corrected chi connectivity index (χ2v) is 11.2. The van der Waals surface area contributed by atoms with E-state index >= 15 is 0 Å². The zero-order valence-corrected chi connectivity index (χ0v) is 26.9. The zero-order chi connectivity index (χ0) is 33.6. The van der Waals surface area contributed by atoms with Crippen LogP contribution in [0.25, 0.3) is 5.69 Å². The van der Waals surface area contributed by atoms with E-state index in [1.54, 1.807) is 18.7 Å². The average molecular weight is 670 g/mol. The quantitative estimate of drug-likeness (QED) is 0.171. The Kier molecular flexibility index (Phi) is 10.6. The van der Waals surface area contributed by atoms with Crippen molar-refractivity contribution in [2.75, 3.05) is 37.0 Å². The van der Waals surface area contributed by atoms with E-state index < -0.39 is 17.6 Å². The minimum Gasteiger partial charge on any atom is -0.490 e. The smallest absolute Gasteiger partial charge is 0.416 e. The molecule has 1 aliphatic rings. The Morgan fingerprint density at radius 1 is 0.915 bits per heavy atom. The molecule has 14 heteroatoms. The highest BCUT2D eigenvalue weighted by atomic mass is 32.2. The van der Waals surface area contributed by atoms with Crippen molar-refractivity contribution in [1.29, 1.82) is 0 Å². The fourth-order valence-corrected chi connectivity index (χ4v) is 6.02. The summed E-state index contributed by atoms with van der Waals surface area (Å²) in [7, 11) is 0. The number of rotatable bonds is 13. The lowest BCUT2D eigenvalue weighted by molar-refractivity contribution is -0.137. The molecule has 1 aliphatic heterocycles. The summed E-state index contributed by atoms with van der Waals surface area (Å²) in [5.74, 6) is 0.517. The van der Waals surface area contributed by atoms with Gasteiger partial charge in [0.25, 0.3) is 5.91 Å². The number of hydrogen-bond donors (Lipinski definition) is 1. The summed E-state index contributed by atoms with van der Waals surface area (Å²) in [5, 5.41) is 11.4. The maximum Gasteiger partial charge on any atom is 0.416 e. The molecule has 0 bridgehead atoms. The van der Waals surface area contributed by atoms with Gasteiger partial charge in [-0.1, -0.05) is 36.0 Å². The number of halogens is 3. The summed E-state index contributed by atoms with van der Waals surface area (Å²) in [6, 6.07) is 15.4. The molecular weight excluding hydrogens is 635 g/mol. The first-order valence-corrected chi connectivity index (χ1v) is 16.1. The summed E-state index contributed by atoms with van der Waals surface area (Å²) < 4.78 is 59.6. The van der Waals surface area contributed by atoms with Crippen molar-refractivity contribution in [2.45, 2.75) is 45.1 Å². The van der Waals surface area contributed by atoms with E-state index in [4.69, 9.17) is 14.2 Å². The lowest BCUT2D eigenvalue weighted by Gasteiger charge is -2.18. The van der Waals surface area contributed by atoms with Gasteiger partial charge in [0, 0.05) is 17.8 Å². The molecule has 1 N–H and O–H groups in total. The third kappa shape index (κ3) is 7.64. The van der Waals surface area contributed by atoms with Crippen LogP contribution in [-0.2, 0) is 23.9 Å². The van der Waals surface area contributed by atoms with Gasteiger partial charge in [-0.25, -0.2) is 0 Å². The van der Waals surface area contributed by atoms with Crippen LogP contribution in [0.5, 0.6) is 17.2 Å². The third-order valence-corrected chi connectivity index (χ3v) is 8.14. The van der Waals surface area contributed by atoms with Crippen LogP contribution in [-0.4, -0.2) is 58.7 Å². The molecule has 0 atom stereocenters. The Balaban J connectivity index is 1.41. The van der Waals surface area contributed by atoms with Crippen molar-refractivity contribution in [3.63, 3.8) is 0 Å². The number of thioether (sulfide) groups is 1. The van der Waals surface area contributed by atoms with Crippen molar-refractivity contribution >= 4 is 29.3 Å². The average Bonchev–Trinajstić information content (AvgIpc) is 3.68. The van der Waals surface area contributed by atoms with Crippen LogP contribution < -0.4 is 24.4 Å². The molecule has 1 aromatic heterocycles. The number of benzene rings is 3. The van der Waals surface area contributed by atoms with Gasteiger partial charge < -0.3 is 24.4 Å². The van der Waals surface area contributed by atoms with Gasteiger partial charge in [0.05, 0.1) is 43.4 Å². The van der Waals surface area contributed by atoms with Gasteiger partial charge >= 0.3 is 6.18 Å². The number of alkyl halides is 3. The first kappa shape index (κ1) is 33.6. The molecule has 5 rings (SSSR count). The first-order valence-electron chi connectivity index (χ1n) is 15.1. The lowest BCUT2D eigenvalue weighted by atomic mass is 10.1. The molecule has 0 saturated heterocycles. The Labute approximate surface area is 274 Å². The fraction of sp³-hybridized carbons (Fsp3) is 0.333. The Hall–Kier alpha value is -4.72. The van der Waals surface area contributed by atoms with Gasteiger partial charge in [-0.15, -0.1) is 10.2 Å². The Bertz CT molecular complexity index is 1720. The standard InChI is InChI=1S/C33H34F3N5O5S/c1-4-44-26-16-22(17-27(45-5-2)30(26)46-6-3)31(43)37-19-28-38-39-32(41(28)24-12-9-11-23(18-24)33(34,35)36)47-20-29(42)40-15-14-21-10-7-8-13-25(21)40/h7-13,16-18H,4-6,14-15,19-20H2,1-3H3,(H,37,43). The van der Waals surface area contributed by atoms with Crippen molar-refractivity contribution in [3.05, 3.63) is 83.2 Å². The molecule has 0 saturated carbocycles. The largest absolute Gasteiger partial charge is 0.490 e. The second kappa shape index (κ2) is 14.8. The van der Waals surface area contributed by atoms with E-state index in [1.807, 2.05) is 31.2 Å². The van der Waals surface area contributed by atoms with E-state index in [-0.39, 0.29) is 40.4 Å². The highest BCUT2D eigenvalue weighted by Crippen LogP contribution is 2.39. The topological polar surface area (TPSA) is 108 Å². The maximum atomic E-state index is 13.7. The number of para-hydroxylation sites is 1. The number of aromatic nitrogens is 3. The van der Waals surface area contributed by atoms with Gasteiger partial charge in [0.15, 0.2) is 22.5 Å². The van der Waals surface area contributed by atoms with Gasteiger partial charge in [0.1, 0.15) is 0 Å². The van der Waals surface area contributed by atoms with E-state index in [9.17, 15) is 22.8 Å². The molecule has 0 fully saturated rings. The highest BCUT2D eigenvalue weighted by molar-refractivity contribution is 7.99. The summed E-state index contributed by atoms with van der Waals surface area (Å²) in [6.45, 7) is 6.78. The Morgan fingerprint density at radius 3 is 2.30 bits per heavy atom. The number of ether oxygens (including phenoxy) is 3. The molecule has 0 radical (unpaired) electrons. The molecule has 2 heterocycles. The van der Waals surface area contributed by atoms with E-state index in [2.05, 4.69) is 15.5 Å². The molecular formula is C33H34F3N5O5S. The van der Waals surface area contributed by atoms with Crippen LogP contribution in [0.2, 0.25) is 0 Å². The first-order chi connectivity index (χ1) is 22.6. The van der Waals surface area contributed by atoms with Crippen LogP contribution in [0, 0.1) is 0 Å². The van der Waals surface area contributed by atoms with Gasteiger partial charge in [0.2, 0.25) is 11.7 Å². The number of anilines is 1. The van der Waals surface area contributed by atoms with Crippen LogP contribution >= 0.6 is 11.8 Å². The zero-order valence-electron chi connectivity index (χ0n) is 26.1. The number of carbonyl (C=O) groups excluding carboxylic acids is 2. The van der Waals surface area contributed by atoms with E-state index in [1.165, 1.54) is 28.8 Å². The number of nitrogens with one attached hydrogen (secondary N) is 1. The van der Waals surface area contributed by atoms with Crippen molar-refractivity contribution < 1.29 is 37.0 Å². The molecule has 47 heavy (non-hydrogen) atoms.